The van der Waals surface area contributed by atoms with Gasteiger partial charge < -0.3 is 0 Å². The van der Waals surface area contributed by atoms with Crippen LogP contribution in [0.1, 0.15) is 18.1 Å². The molecule has 2 rings (SSSR count). The van der Waals surface area contributed by atoms with Crippen molar-refractivity contribution >= 4 is 59.9 Å². The fourth-order valence-corrected chi connectivity index (χ4v) is 3.94. The highest BCUT2D eigenvalue weighted by Gasteiger charge is 2.05. The predicted octanol–water partition coefficient (Wildman–Crippen LogP) is 4.96. The molecule has 0 radical (unpaired) electrons. The molecule has 0 nitrogen and oxygen atoms in total. The van der Waals surface area contributed by atoms with E-state index in [2.05, 4.69) is 63.6 Å². The lowest BCUT2D eigenvalue weighted by molar-refractivity contribution is 1.14. The summed E-state index contributed by atoms with van der Waals surface area (Å²) in [7, 11) is 0. The van der Waals surface area contributed by atoms with Crippen molar-refractivity contribution in [2.45, 2.75) is 18.7 Å². The number of thiophene rings is 1. The largest absolute Gasteiger partial charge is 0.129 e. The Hall–Kier alpha value is 0.390. The third kappa shape index (κ3) is 1.99. The van der Waals surface area contributed by atoms with Gasteiger partial charge >= 0.3 is 0 Å². The lowest BCUT2D eigenvalue weighted by atomic mass is 10.1. The second-order valence-corrected chi connectivity index (χ2v) is 6.74. The van der Waals surface area contributed by atoms with Crippen LogP contribution in [-0.2, 0) is 11.8 Å². The number of hydrogen-bond donors (Lipinski definition) is 0. The van der Waals surface area contributed by atoms with Crippen molar-refractivity contribution < 1.29 is 0 Å². The van der Waals surface area contributed by atoms with Crippen LogP contribution in [0.2, 0.25) is 0 Å². The predicted molar refractivity (Wildman–Crippen MR) is 76.6 cm³/mol. The maximum atomic E-state index is 3.55. The molecule has 0 atom stereocenters. The van der Waals surface area contributed by atoms with E-state index < -0.39 is 0 Å². The van der Waals surface area contributed by atoms with Crippen LogP contribution in [0.5, 0.6) is 0 Å². The molecule has 1 aromatic heterocycles. The summed E-state index contributed by atoms with van der Waals surface area (Å²) in [4.78, 5) is 0. The number of halogens is 2. The Labute approximate surface area is 110 Å². The normalized spacial score (nSPS) is 11.1. The Morgan fingerprint density at radius 2 is 2.14 bits per heavy atom. The molecule has 74 valence electrons. The monoisotopic (exact) mass is 380 g/mol. The molecule has 0 amide bonds. The summed E-state index contributed by atoms with van der Waals surface area (Å²) in [5.74, 6) is 0. The van der Waals surface area contributed by atoms with Crippen LogP contribution in [-0.4, -0.2) is 0 Å². The van der Waals surface area contributed by atoms with Gasteiger partial charge in [0.15, 0.2) is 0 Å². The Morgan fingerprint density at radius 3 is 2.79 bits per heavy atom. The summed E-state index contributed by atoms with van der Waals surface area (Å²) in [6.07, 6.45) is 1.12. The lowest BCUT2D eigenvalue weighted by Gasteiger charge is -2.02. The molecular formula is C11H10BrIS. The molecule has 0 aliphatic rings. The number of fused-ring (bicyclic) bond motifs is 1. The Bertz CT molecular complexity index is 462. The van der Waals surface area contributed by atoms with Gasteiger partial charge in [0, 0.05) is 10.0 Å². The first-order chi connectivity index (χ1) is 6.74. The van der Waals surface area contributed by atoms with Gasteiger partial charge in [0.2, 0.25) is 0 Å². The first-order valence-electron chi connectivity index (χ1n) is 4.51. The van der Waals surface area contributed by atoms with Crippen LogP contribution < -0.4 is 0 Å². The van der Waals surface area contributed by atoms with Gasteiger partial charge in [0.1, 0.15) is 0 Å². The SMILES string of the molecule is CCc1cc(CBr)c2cc(I)sc2c1. The third-order valence-electron chi connectivity index (χ3n) is 2.31. The number of benzene rings is 1. The summed E-state index contributed by atoms with van der Waals surface area (Å²) in [5.41, 5.74) is 2.85. The van der Waals surface area contributed by atoms with Crippen LogP contribution >= 0.6 is 49.9 Å². The number of hydrogen-bond acceptors (Lipinski definition) is 1. The average molecular weight is 381 g/mol. The first kappa shape index (κ1) is 10.9. The minimum absolute atomic E-state index is 0.949. The fraction of sp³-hybridized carbons (Fsp3) is 0.273. The summed E-state index contributed by atoms with van der Waals surface area (Å²) in [6, 6.07) is 6.89. The van der Waals surface area contributed by atoms with E-state index in [1.165, 1.54) is 24.1 Å². The van der Waals surface area contributed by atoms with Gasteiger partial charge in [-0.05, 0) is 57.7 Å². The van der Waals surface area contributed by atoms with E-state index in [1.807, 2.05) is 11.3 Å². The second-order valence-electron chi connectivity index (χ2n) is 3.20. The van der Waals surface area contributed by atoms with Crippen molar-refractivity contribution in [3.8, 4) is 0 Å². The first-order valence-corrected chi connectivity index (χ1v) is 7.53. The topological polar surface area (TPSA) is 0 Å². The molecule has 0 N–H and O–H groups in total. The minimum Gasteiger partial charge on any atom is -0.129 e. The molecule has 0 saturated carbocycles. The number of rotatable bonds is 2. The summed E-state index contributed by atoms with van der Waals surface area (Å²) in [6.45, 7) is 2.21. The quantitative estimate of drug-likeness (QED) is 0.510. The van der Waals surface area contributed by atoms with Crippen LogP contribution in [0.25, 0.3) is 10.1 Å². The minimum atomic E-state index is 0.949. The summed E-state index contributed by atoms with van der Waals surface area (Å²) >= 11 is 7.82. The Kier molecular flexibility index (Phi) is 3.50. The fourth-order valence-electron chi connectivity index (χ4n) is 1.56. The molecule has 1 aromatic carbocycles. The van der Waals surface area contributed by atoms with Crippen molar-refractivity contribution in [1.82, 2.24) is 0 Å². The van der Waals surface area contributed by atoms with E-state index in [0.29, 0.717) is 0 Å². The molecule has 0 saturated heterocycles. The Balaban J connectivity index is 2.72. The Morgan fingerprint density at radius 1 is 1.36 bits per heavy atom. The molecular weight excluding hydrogens is 371 g/mol. The highest BCUT2D eigenvalue weighted by Crippen LogP contribution is 2.31. The van der Waals surface area contributed by atoms with Crippen LogP contribution in [0.4, 0.5) is 0 Å². The third-order valence-corrected chi connectivity index (χ3v) is 4.75. The van der Waals surface area contributed by atoms with Crippen LogP contribution in [0.15, 0.2) is 18.2 Å². The van der Waals surface area contributed by atoms with Crippen molar-refractivity contribution in [3.05, 3.63) is 32.2 Å². The molecule has 0 unspecified atom stereocenters. The highest BCUT2D eigenvalue weighted by molar-refractivity contribution is 14.1. The maximum absolute atomic E-state index is 3.55. The lowest BCUT2D eigenvalue weighted by Crippen LogP contribution is -1.84. The van der Waals surface area contributed by atoms with E-state index in [9.17, 15) is 0 Å². The zero-order valence-electron chi connectivity index (χ0n) is 7.81. The highest BCUT2D eigenvalue weighted by atomic mass is 127. The van der Waals surface area contributed by atoms with Gasteiger partial charge in [0.05, 0.1) is 2.88 Å². The van der Waals surface area contributed by atoms with E-state index in [0.717, 1.165) is 11.8 Å². The standard InChI is InChI=1S/C11H10BrIS/c1-2-7-3-8(6-12)9-5-11(13)14-10(9)4-7/h3-5H,2,6H2,1H3. The van der Waals surface area contributed by atoms with Gasteiger partial charge in [0.25, 0.3) is 0 Å². The molecule has 0 fully saturated rings. The zero-order chi connectivity index (χ0) is 10.1. The molecule has 0 aliphatic carbocycles. The molecule has 0 spiro atoms. The molecule has 1 heterocycles. The van der Waals surface area contributed by atoms with E-state index in [1.54, 1.807) is 0 Å². The van der Waals surface area contributed by atoms with Crippen molar-refractivity contribution in [2.75, 3.05) is 0 Å². The average Bonchev–Trinajstić information content (AvgIpc) is 2.56. The van der Waals surface area contributed by atoms with E-state index in [4.69, 9.17) is 0 Å². The van der Waals surface area contributed by atoms with Gasteiger partial charge in [-0.15, -0.1) is 11.3 Å². The maximum Gasteiger partial charge on any atom is 0.0666 e. The summed E-state index contributed by atoms with van der Waals surface area (Å²) < 4.78 is 2.79. The van der Waals surface area contributed by atoms with Crippen LogP contribution in [0, 0.1) is 2.88 Å². The van der Waals surface area contributed by atoms with E-state index >= 15 is 0 Å². The van der Waals surface area contributed by atoms with Gasteiger partial charge in [-0.25, -0.2) is 0 Å². The van der Waals surface area contributed by atoms with Gasteiger partial charge in [-0.1, -0.05) is 28.9 Å². The van der Waals surface area contributed by atoms with Crippen molar-refractivity contribution in [2.24, 2.45) is 0 Å². The number of aryl methyl sites for hydroxylation is 1. The number of alkyl halides is 1. The molecule has 0 aliphatic heterocycles. The molecule has 2 aromatic rings. The van der Waals surface area contributed by atoms with Crippen molar-refractivity contribution in [1.29, 1.82) is 0 Å². The molecule has 3 heteroatoms. The second kappa shape index (κ2) is 4.49. The molecule has 0 bridgehead atoms. The van der Waals surface area contributed by atoms with Crippen molar-refractivity contribution in [3.63, 3.8) is 0 Å². The van der Waals surface area contributed by atoms with Crippen LogP contribution in [0.3, 0.4) is 0 Å². The van der Waals surface area contributed by atoms with Gasteiger partial charge in [-0.2, -0.15) is 0 Å². The zero-order valence-corrected chi connectivity index (χ0v) is 12.4. The smallest absolute Gasteiger partial charge is 0.0666 e. The molecule has 14 heavy (non-hydrogen) atoms. The van der Waals surface area contributed by atoms with E-state index in [-0.39, 0.29) is 0 Å². The van der Waals surface area contributed by atoms with Gasteiger partial charge in [-0.3, -0.25) is 0 Å². The summed E-state index contributed by atoms with van der Waals surface area (Å²) in [5, 5.41) is 2.36.